The fourth-order valence-electron chi connectivity index (χ4n) is 2.97. The summed E-state index contributed by atoms with van der Waals surface area (Å²) in [6, 6.07) is 10.1. The molecule has 1 amide bonds. The Hall–Kier alpha value is -1.61. The van der Waals surface area contributed by atoms with E-state index in [0.717, 1.165) is 29.9 Å². The van der Waals surface area contributed by atoms with E-state index in [0.29, 0.717) is 0 Å². The molecule has 0 bridgehead atoms. The third kappa shape index (κ3) is 3.03. The molecule has 3 rings (SSSR count). The number of thiophene rings is 1. The molecule has 2 atom stereocenters. The van der Waals surface area contributed by atoms with Crippen LogP contribution < -0.4 is 5.32 Å². The Kier molecular flexibility index (Phi) is 4.11. The van der Waals surface area contributed by atoms with Crippen molar-refractivity contribution in [3.8, 4) is 0 Å². The summed E-state index contributed by atoms with van der Waals surface area (Å²) >= 11 is 1.75. The van der Waals surface area contributed by atoms with Gasteiger partial charge >= 0.3 is 0 Å². The normalized spacial score (nSPS) is 18.9. The zero-order chi connectivity index (χ0) is 14.8. The Morgan fingerprint density at radius 2 is 2.10 bits per heavy atom. The van der Waals surface area contributed by atoms with Gasteiger partial charge in [0.15, 0.2) is 0 Å². The van der Waals surface area contributed by atoms with Crippen molar-refractivity contribution in [2.24, 2.45) is 5.92 Å². The van der Waals surface area contributed by atoms with E-state index >= 15 is 0 Å². The van der Waals surface area contributed by atoms with Crippen molar-refractivity contribution in [2.45, 2.75) is 39.2 Å². The number of benzene rings is 1. The molecule has 2 nitrogen and oxygen atoms in total. The van der Waals surface area contributed by atoms with Crippen LogP contribution in [0.3, 0.4) is 0 Å². The molecule has 0 saturated heterocycles. The largest absolute Gasteiger partial charge is 0.345 e. The summed E-state index contributed by atoms with van der Waals surface area (Å²) in [5, 5.41) is 5.17. The van der Waals surface area contributed by atoms with Crippen molar-refractivity contribution < 1.29 is 4.79 Å². The lowest BCUT2D eigenvalue weighted by molar-refractivity contribution is 0.0939. The van der Waals surface area contributed by atoms with Crippen LogP contribution >= 0.6 is 11.3 Å². The molecule has 0 saturated carbocycles. The van der Waals surface area contributed by atoms with Gasteiger partial charge in [-0.3, -0.25) is 4.79 Å². The second kappa shape index (κ2) is 6.02. The van der Waals surface area contributed by atoms with Crippen molar-refractivity contribution in [3.05, 3.63) is 57.3 Å². The van der Waals surface area contributed by atoms with Crippen molar-refractivity contribution in [2.75, 3.05) is 0 Å². The van der Waals surface area contributed by atoms with Crippen LogP contribution in [0.4, 0.5) is 0 Å². The molecule has 1 aliphatic carbocycles. The van der Waals surface area contributed by atoms with E-state index in [1.807, 2.05) is 30.5 Å². The smallest absolute Gasteiger partial charge is 0.252 e. The van der Waals surface area contributed by atoms with Gasteiger partial charge in [0.1, 0.15) is 0 Å². The van der Waals surface area contributed by atoms with E-state index in [1.165, 1.54) is 16.9 Å². The number of carbonyl (C=O) groups excluding carboxylic acids is 1. The summed E-state index contributed by atoms with van der Waals surface area (Å²) in [7, 11) is 0. The second-order valence-electron chi connectivity index (χ2n) is 6.00. The van der Waals surface area contributed by atoms with Gasteiger partial charge in [-0.05, 0) is 43.2 Å². The van der Waals surface area contributed by atoms with Crippen LogP contribution in [0.5, 0.6) is 0 Å². The van der Waals surface area contributed by atoms with Crippen molar-refractivity contribution in [1.82, 2.24) is 5.32 Å². The molecular weight excluding hydrogens is 278 g/mol. The molecule has 0 radical (unpaired) electrons. The number of hydrogen-bond donors (Lipinski definition) is 1. The molecule has 1 aromatic carbocycles. The topological polar surface area (TPSA) is 29.1 Å². The summed E-state index contributed by atoms with van der Waals surface area (Å²) < 4.78 is 0. The Balaban J connectivity index is 1.75. The summed E-state index contributed by atoms with van der Waals surface area (Å²) in [6.45, 7) is 4.33. The third-order valence-corrected chi connectivity index (χ3v) is 5.34. The van der Waals surface area contributed by atoms with Crippen molar-refractivity contribution in [1.29, 1.82) is 0 Å². The molecule has 1 aliphatic rings. The van der Waals surface area contributed by atoms with Gasteiger partial charge in [-0.2, -0.15) is 0 Å². The highest BCUT2D eigenvalue weighted by molar-refractivity contribution is 7.10. The van der Waals surface area contributed by atoms with E-state index in [-0.39, 0.29) is 11.9 Å². The van der Waals surface area contributed by atoms with E-state index in [4.69, 9.17) is 0 Å². The summed E-state index contributed by atoms with van der Waals surface area (Å²) in [6.07, 6.45) is 3.36. The van der Waals surface area contributed by atoms with Crippen LogP contribution in [-0.2, 0) is 12.8 Å². The van der Waals surface area contributed by atoms with Gasteiger partial charge in [0.25, 0.3) is 5.91 Å². The predicted octanol–water partition coefficient (Wildman–Crippen LogP) is 4.36. The van der Waals surface area contributed by atoms with E-state index in [1.54, 1.807) is 11.3 Å². The highest BCUT2D eigenvalue weighted by Crippen LogP contribution is 2.33. The number of nitrogens with one attached hydrogen (secondary N) is 1. The Morgan fingerprint density at radius 1 is 1.33 bits per heavy atom. The monoisotopic (exact) mass is 299 g/mol. The minimum absolute atomic E-state index is 0.0387. The Morgan fingerprint density at radius 3 is 2.86 bits per heavy atom. The van der Waals surface area contributed by atoms with Crippen LogP contribution in [0.25, 0.3) is 0 Å². The summed E-state index contributed by atoms with van der Waals surface area (Å²) in [5.41, 5.74) is 3.32. The first-order valence-electron chi connectivity index (χ1n) is 7.60. The number of rotatable bonds is 3. The average Bonchev–Trinajstić information content (AvgIpc) is 2.91. The zero-order valence-electron chi connectivity index (χ0n) is 12.6. The molecule has 21 heavy (non-hydrogen) atoms. The first kappa shape index (κ1) is 14.3. The highest BCUT2D eigenvalue weighted by atomic mass is 32.1. The van der Waals surface area contributed by atoms with Crippen LogP contribution in [-0.4, -0.2) is 5.91 Å². The number of carbonyl (C=O) groups is 1. The molecule has 2 aromatic rings. The maximum Gasteiger partial charge on any atom is 0.252 e. The van der Waals surface area contributed by atoms with E-state index < -0.39 is 0 Å². The van der Waals surface area contributed by atoms with E-state index in [2.05, 4.69) is 24.4 Å². The molecule has 1 aromatic heterocycles. The standard InChI is InChI=1S/C18H21NOS/c1-12-8-9-15-16(11-21-17(15)10-12)18(20)19-13(2)14-6-4-3-5-7-14/h3-7,11-13H,8-10H2,1-2H3,(H,19,20)/t12-,13-/m1/s1. The molecular formula is C18H21NOS. The van der Waals surface area contributed by atoms with Crippen LogP contribution in [0.1, 0.15) is 52.7 Å². The van der Waals surface area contributed by atoms with E-state index in [9.17, 15) is 4.79 Å². The third-order valence-electron chi connectivity index (χ3n) is 4.29. The second-order valence-corrected chi connectivity index (χ2v) is 6.97. The van der Waals surface area contributed by atoms with Crippen LogP contribution in [0, 0.1) is 5.92 Å². The number of fused-ring (bicyclic) bond motifs is 1. The molecule has 0 fully saturated rings. The molecule has 0 spiro atoms. The minimum atomic E-state index is 0.0387. The van der Waals surface area contributed by atoms with Crippen molar-refractivity contribution in [3.63, 3.8) is 0 Å². The van der Waals surface area contributed by atoms with Gasteiger partial charge in [0, 0.05) is 10.3 Å². The minimum Gasteiger partial charge on any atom is -0.345 e. The number of amides is 1. The lowest BCUT2D eigenvalue weighted by atomic mass is 9.88. The molecule has 1 N–H and O–H groups in total. The Bertz CT molecular complexity index is 632. The molecule has 1 heterocycles. The van der Waals surface area contributed by atoms with Gasteiger partial charge in [-0.1, -0.05) is 37.3 Å². The summed E-state index contributed by atoms with van der Waals surface area (Å²) in [5.74, 6) is 0.814. The van der Waals surface area contributed by atoms with Crippen molar-refractivity contribution >= 4 is 17.2 Å². The molecule has 0 unspecified atom stereocenters. The maximum atomic E-state index is 12.5. The molecule has 110 valence electrons. The van der Waals surface area contributed by atoms with Gasteiger partial charge in [-0.15, -0.1) is 11.3 Å². The summed E-state index contributed by atoms with van der Waals surface area (Å²) in [4.78, 5) is 13.9. The first-order valence-corrected chi connectivity index (χ1v) is 8.48. The number of hydrogen-bond acceptors (Lipinski definition) is 2. The average molecular weight is 299 g/mol. The van der Waals surface area contributed by atoms with Crippen LogP contribution in [0.2, 0.25) is 0 Å². The lowest BCUT2D eigenvalue weighted by Crippen LogP contribution is -2.27. The lowest BCUT2D eigenvalue weighted by Gasteiger charge is -2.19. The highest BCUT2D eigenvalue weighted by Gasteiger charge is 2.23. The predicted molar refractivity (Wildman–Crippen MR) is 87.8 cm³/mol. The van der Waals surface area contributed by atoms with Gasteiger partial charge in [0.2, 0.25) is 0 Å². The zero-order valence-corrected chi connectivity index (χ0v) is 13.4. The van der Waals surface area contributed by atoms with Crippen LogP contribution in [0.15, 0.2) is 35.7 Å². The molecule has 3 heteroatoms. The van der Waals surface area contributed by atoms with Gasteiger partial charge in [-0.25, -0.2) is 0 Å². The molecule has 0 aliphatic heterocycles. The maximum absolute atomic E-state index is 12.5. The first-order chi connectivity index (χ1) is 10.1. The quantitative estimate of drug-likeness (QED) is 0.896. The Labute approximate surface area is 130 Å². The fraction of sp³-hybridized carbons (Fsp3) is 0.389. The van der Waals surface area contributed by atoms with Gasteiger partial charge in [0.05, 0.1) is 11.6 Å². The fourth-order valence-corrected chi connectivity index (χ4v) is 4.21. The van der Waals surface area contributed by atoms with Gasteiger partial charge < -0.3 is 5.32 Å². The SMILES string of the molecule is C[C@@H]1CCc2c(C(=O)N[C@H](C)c3ccccc3)csc2C1.